The number of carbonyl (C=O) groups excluding carboxylic acids is 1. The summed E-state index contributed by atoms with van der Waals surface area (Å²) in [7, 11) is 0. The lowest BCUT2D eigenvalue weighted by molar-refractivity contribution is -0.145. The smallest absolute Gasteiger partial charge is 0.326 e. The molecule has 8 heteroatoms. The van der Waals surface area contributed by atoms with Crippen molar-refractivity contribution in [1.82, 2.24) is 5.32 Å². The van der Waals surface area contributed by atoms with E-state index in [9.17, 15) is 14.4 Å². The summed E-state index contributed by atoms with van der Waals surface area (Å²) in [4.78, 5) is 33.1. The number of carboxylic acids is 2. The maximum atomic E-state index is 11.8. The topological polar surface area (TPSA) is 104 Å². The van der Waals surface area contributed by atoms with E-state index in [4.69, 9.17) is 33.4 Å². The highest BCUT2D eigenvalue weighted by Crippen LogP contribution is 2.25. The number of halogens is 2. The molecule has 1 amide bonds. The van der Waals surface area contributed by atoms with Gasteiger partial charge in [0.25, 0.3) is 5.91 Å². The molecule has 1 aromatic rings. The van der Waals surface area contributed by atoms with Crippen LogP contribution in [-0.2, 0) is 9.59 Å². The molecule has 0 saturated carbocycles. The molecule has 0 radical (unpaired) electrons. The van der Waals surface area contributed by atoms with Crippen molar-refractivity contribution < 1.29 is 24.6 Å². The van der Waals surface area contributed by atoms with Gasteiger partial charge in [-0.05, 0) is 12.1 Å². The van der Waals surface area contributed by atoms with Crippen LogP contribution in [0, 0.1) is 0 Å². The largest absolute Gasteiger partial charge is 0.481 e. The predicted molar refractivity (Wildman–Crippen MR) is 67.6 cm³/mol. The fraction of sp³-hybridized carbons (Fsp3) is 0.182. The van der Waals surface area contributed by atoms with Gasteiger partial charge in [0.05, 0.1) is 22.0 Å². The predicted octanol–water partition coefficient (Wildman–Crippen LogP) is 1.65. The highest BCUT2D eigenvalue weighted by atomic mass is 35.5. The number of hydrogen-bond acceptors (Lipinski definition) is 3. The first-order valence-corrected chi connectivity index (χ1v) is 5.78. The van der Waals surface area contributed by atoms with Gasteiger partial charge >= 0.3 is 11.9 Å². The Hall–Kier alpha value is -1.79. The molecule has 0 fully saturated rings. The van der Waals surface area contributed by atoms with Gasteiger partial charge in [-0.15, -0.1) is 0 Å². The molecule has 19 heavy (non-hydrogen) atoms. The van der Waals surface area contributed by atoms with Gasteiger partial charge in [0, 0.05) is 0 Å². The van der Waals surface area contributed by atoms with Crippen LogP contribution >= 0.6 is 23.2 Å². The van der Waals surface area contributed by atoms with Gasteiger partial charge in [-0.25, -0.2) is 4.79 Å². The zero-order chi connectivity index (χ0) is 14.6. The maximum Gasteiger partial charge on any atom is 0.326 e. The first-order chi connectivity index (χ1) is 8.82. The summed E-state index contributed by atoms with van der Waals surface area (Å²) >= 11 is 11.5. The van der Waals surface area contributed by atoms with E-state index in [0.29, 0.717) is 0 Å². The molecule has 0 heterocycles. The molecule has 0 spiro atoms. The SMILES string of the molecule is O=C(O)CC(NC(=O)c1cccc(Cl)c1Cl)C(=O)O. The van der Waals surface area contributed by atoms with Crippen LogP contribution in [0.3, 0.4) is 0 Å². The van der Waals surface area contributed by atoms with Crippen molar-refractivity contribution in [3.8, 4) is 0 Å². The van der Waals surface area contributed by atoms with Crippen LogP contribution in [0.15, 0.2) is 18.2 Å². The maximum absolute atomic E-state index is 11.8. The lowest BCUT2D eigenvalue weighted by atomic mass is 10.1. The fourth-order valence-electron chi connectivity index (χ4n) is 1.29. The van der Waals surface area contributed by atoms with E-state index in [1.807, 2.05) is 0 Å². The second-order valence-electron chi connectivity index (χ2n) is 3.56. The van der Waals surface area contributed by atoms with Crippen LogP contribution in [0.2, 0.25) is 10.0 Å². The molecule has 0 aliphatic carbocycles. The molecule has 3 N–H and O–H groups in total. The molecule has 1 aromatic carbocycles. The Morgan fingerprint density at radius 3 is 2.37 bits per heavy atom. The second-order valence-corrected chi connectivity index (χ2v) is 4.35. The van der Waals surface area contributed by atoms with Crippen molar-refractivity contribution in [2.45, 2.75) is 12.5 Å². The van der Waals surface area contributed by atoms with Gasteiger partial charge in [-0.2, -0.15) is 0 Å². The van der Waals surface area contributed by atoms with E-state index in [2.05, 4.69) is 5.32 Å². The molecule has 6 nitrogen and oxygen atoms in total. The van der Waals surface area contributed by atoms with E-state index in [1.54, 1.807) is 0 Å². The first-order valence-electron chi connectivity index (χ1n) is 5.02. The molecule has 0 aliphatic heterocycles. The van der Waals surface area contributed by atoms with Gasteiger partial charge in [-0.1, -0.05) is 29.3 Å². The normalized spacial score (nSPS) is 11.7. The number of carbonyl (C=O) groups is 3. The Morgan fingerprint density at radius 2 is 1.84 bits per heavy atom. The summed E-state index contributed by atoms with van der Waals surface area (Å²) < 4.78 is 0. The number of nitrogens with one attached hydrogen (secondary N) is 1. The molecule has 1 atom stereocenters. The van der Waals surface area contributed by atoms with E-state index in [0.717, 1.165) is 0 Å². The molecule has 102 valence electrons. The summed E-state index contributed by atoms with van der Waals surface area (Å²) in [5.41, 5.74) is -0.0224. The summed E-state index contributed by atoms with van der Waals surface area (Å²) in [6.07, 6.45) is -0.737. The average molecular weight is 306 g/mol. The van der Waals surface area contributed by atoms with E-state index >= 15 is 0 Å². The highest BCUT2D eigenvalue weighted by molar-refractivity contribution is 6.43. The summed E-state index contributed by atoms with van der Waals surface area (Å²) in [5.74, 6) is -3.60. The molecule has 1 unspecified atom stereocenters. The van der Waals surface area contributed by atoms with Crippen LogP contribution in [0.5, 0.6) is 0 Å². The quantitative estimate of drug-likeness (QED) is 0.767. The fourth-order valence-corrected chi connectivity index (χ4v) is 1.68. The van der Waals surface area contributed by atoms with Gasteiger partial charge in [0.15, 0.2) is 0 Å². The summed E-state index contributed by atoms with van der Waals surface area (Å²) in [6.45, 7) is 0. The molecule has 1 rings (SSSR count). The molecular formula is C11H9Cl2NO5. The minimum absolute atomic E-state index is 0.0224. The van der Waals surface area contributed by atoms with Crippen molar-refractivity contribution in [3.05, 3.63) is 33.8 Å². The third-order valence-electron chi connectivity index (χ3n) is 2.18. The van der Waals surface area contributed by atoms with Crippen molar-refractivity contribution in [2.75, 3.05) is 0 Å². The van der Waals surface area contributed by atoms with Gasteiger partial charge in [-0.3, -0.25) is 9.59 Å². The first kappa shape index (κ1) is 15.3. The second kappa shape index (κ2) is 6.40. The third kappa shape index (κ3) is 4.11. The molecule has 0 saturated heterocycles. The number of aliphatic carboxylic acids is 2. The van der Waals surface area contributed by atoms with E-state index in [-0.39, 0.29) is 15.6 Å². The van der Waals surface area contributed by atoms with Gasteiger partial charge in [0.2, 0.25) is 0 Å². The van der Waals surface area contributed by atoms with Gasteiger partial charge in [0.1, 0.15) is 6.04 Å². The third-order valence-corrected chi connectivity index (χ3v) is 3.00. The summed E-state index contributed by atoms with van der Waals surface area (Å²) in [5, 5.41) is 19.5. The molecule has 0 aliphatic rings. The van der Waals surface area contributed by atoms with E-state index < -0.39 is 30.3 Å². The van der Waals surface area contributed by atoms with Crippen LogP contribution in [0.4, 0.5) is 0 Å². The Morgan fingerprint density at radius 1 is 1.21 bits per heavy atom. The Labute approximate surface area is 117 Å². The van der Waals surface area contributed by atoms with E-state index in [1.165, 1.54) is 18.2 Å². The zero-order valence-corrected chi connectivity index (χ0v) is 10.9. The number of hydrogen-bond donors (Lipinski definition) is 3. The lowest BCUT2D eigenvalue weighted by Crippen LogP contribution is -2.42. The molecular weight excluding hydrogens is 297 g/mol. The number of benzene rings is 1. The standard InChI is InChI=1S/C11H9Cl2NO5/c12-6-3-1-2-5(9(6)13)10(17)14-7(11(18)19)4-8(15)16/h1-3,7H,4H2,(H,14,17)(H,15,16)(H,18,19). The van der Waals surface area contributed by atoms with Crippen LogP contribution in [0.1, 0.15) is 16.8 Å². The monoisotopic (exact) mass is 305 g/mol. The van der Waals surface area contributed by atoms with Crippen molar-refractivity contribution in [2.24, 2.45) is 0 Å². The number of rotatable bonds is 5. The Balaban J connectivity index is 2.91. The van der Waals surface area contributed by atoms with Crippen molar-refractivity contribution in [3.63, 3.8) is 0 Å². The lowest BCUT2D eigenvalue weighted by Gasteiger charge is -2.13. The number of amides is 1. The van der Waals surface area contributed by atoms with Crippen LogP contribution in [0.25, 0.3) is 0 Å². The minimum atomic E-state index is -1.54. The molecule has 0 bridgehead atoms. The van der Waals surface area contributed by atoms with Crippen molar-refractivity contribution >= 4 is 41.0 Å². The number of carboxylic acid groups (broad SMARTS) is 2. The average Bonchev–Trinajstić information content (AvgIpc) is 2.31. The van der Waals surface area contributed by atoms with Crippen LogP contribution in [-0.4, -0.2) is 34.1 Å². The van der Waals surface area contributed by atoms with Crippen LogP contribution < -0.4 is 5.32 Å². The zero-order valence-electron chi connectivity index (χ0n) is 9.39. The Kier molecular flexibility index (Phi) is 5.14. The van der Waals surface area contributed by atoms with Gasteiger partial charge < -0.3 is 15.5 Å². The minimum Gasteiger partial charge on any atom is -0.481 e. The van der Waals surface area contributed by atoms with Crippen molar-refractivity contribution in [1.29, 1.82) is 0 Å². The summed E-state index contributed by atoms with van der Waals surface area (Å²) in [6, 6.07) is 2.74. The molecule has 0 aromatic heterocycles. The Bertz CT molecular complexity index is 532. The highest BCUT2D eigenvalue weighted by Gasteiger charge is 2.24.